The van der Waals surface area contributed by atoms with E-state index in [1.165, 1.54) is 0 Å². The number of ether oxygens (including phenoxy) is 1. The van der Waals surface area contributed by atoms with Gasteiger partial charge in [-0.1, -0.05) is 6.92 Å². The first-order valence-corrected chi connectivity index (χ1v) is 5.11. The molecule has 14 heavy (non-hydrogen) atoms. The second-order valence-corrected chi connectivity index (χ2v) is 3.86. The van der Waals surface area contributed by atoms with Crippen LogP contribution < -0.4 is 10.6 Å². The molecule has 1 aliphatic heterocycles. The summed E-state index contributed by atoms with van der Waals surface area (Å²) in [7, 11) is 1.67. The molecule has 4 heteroatoms. The zero-order valence-electron chi connectivity index (χ0n) is 8.97. The third-order valence-electron chi connectivity index (χ3n) is 2.93. The summed E-state index contributed by atoms with van der Waals surface area (Å²) in [5.74, 6) is 0.345. The van der Waals surface area contributed by atoms with Gasteiger partial charge in [-0.15, -0.1) is 0 Å². The fraction of sp³-hybridized carbons (Fsp3) is 0.900. The lowest BCUT2D eigenvalue weighted by Gasteiger charge is -2.38. The molecule has 80 valence electrons. The first-order chi connectivity index (χ1) is 6.75. The highest BCUT2D eigenvalue weighted by molar-refractivity contribution is 5.12. The van der Waals surface area contributed by atoms with Crippen LogP contribution in [0, 0.1) is 17.2 Å². The summed E-state index contributed by atoms with van der Waals surface area (Å²) in [5.41, 5.74) is -0.357. The molecule has 0 bridgehead atoms. The standard InChI is InChI=1S/C10H19N3O/c1-9-7-12-4-3-10(9,8-11)13-5-6-14-2/h9,12-13H,3-7H2,1-2H3. The Labute approximate surface area is 85.6 Å². The van der Waals surface area contributed by atoms with Crippen molar-refractivity contribution in [3.8, 4) is 6.07 Å². The van der Waals surface area contributed by atoms with Gasteiger partial charge in [0.25, 0.3) is 0 Å². The summed E-state index contributed by atoms with van der Waals surface area (Å²) in [6.45, 7) is 5.33. The molecule has 1 heterocycles. The van der Waals surface area contributed by atoms with Gasteiger partial charge in [0.2, 0.25) is 0 Å². The van der Waals surface area contributed by atoms with Gasteiger partial charge in [-0.05, 0) is 13.0 Å². The van der Waals surface area contributed by atoms with Crippen LogP contribution in [0.1, 0.15) is 13.3 Å². The Hall–Kier alpha value is -0.630. The Bertz CT molecular complexity index is 214. The summed E-state index contributed by atoms with van der Waals surface area (Å²) in [4.78, 5) is 0. The molecule has 1 rings (SSSR count). The van der Waals surface area contributed by atoms with Gasteiger partial charge >= 0.3 is 0 Å². The third-order valence-corrected chi connectivity index (χ3v) is 2.93. The lowest BCUT2D eigenvalue weighted by atomic mass is 9.81. The Kier molecular flexibility index (Phi) is 4.33. The molecule has 0 aliphatic carbocycles. The van der Waals surface area contributed by atoms with Crippen LogP contribution in [0.3, 0.4) is 0 Å². The fourth-order valence-corrected chi connectivity index (χ4v) is 1.87. The Morgan fingerprint density at radius 3 is 3.07 bits per heavy atom. The summed E-state index contributed by atoms with van der Waals surface area (Å²) in [6.07, 6.45) is 0.869. The monoisotopic (exact) mass is 197 g/mol. The van der Waals surface area contributed by atoms with Gasteiger partial charge in [-0.2, -0.15) is 5.26 Å². The maximum atomic E-state index is 9.23. The summed E-state index contributed by atoms with van der Waals surface area (Å²) in [6, 6.07) is 2.42. The van der Waals surface area contributed by atoms with Gasteiger partial charge in [0, 0.05) is 26.1 Å². The van der Waals surface area contributed by atoms with Gasteiger partial charge < -0.3 is 10.1 Å². The molecule has 0 saturated carbocycles. The zero-order valence-corrected chi connectivity index (χ0v) is 8.97. The van der Waals surface area contributed by atoms with Gasteiger partial charge in [0.1, 0.15) is 5.54 Å². The van der Waals surface area contributed by atoms with E-state index in [0.29, 0.717) is 12.5 Å². The van der Waals surface area contributed by atoms with E-state index in [9.17, 15) is 5.26 Å². The number of piperidine rings is 1. The minimum atomic E-state index is -0.357. The van der Waals surface area contributed by atoms with Crippen molar-refractivity contribution in [3.63, 3.8) is 0 Å². The molecule has 0 aromatic rings. The van der Waals surface area contributed by atoms with Crippen LogP contribution in [0.5, 0.6) is 0 Å². The number of hydrogen-bond donors (Lipinski definition) is 2. The van der Waals surface area contributed by atoms with Crippen molar-refractivity contribution in [2.45, 2.75) is 18.9 Å². The lowest BCUT2D eigenvalue weighted by Crippen LogP contribution is -2.57. The van der Waals surface area contributed by atoms with Crippen LogP contribution in [0.2, 0.25) is 0 Å². The molecule has 0 spiro atoms. The predicted molar refractivity (Wildman–Crippen MR) is 54.9 cm³/mol. The Morgan fingerprint density at radius 1 is 1.71 bits per heavy atom. The van der Waals surface area contributed by atoms with Crippen molar-refractivity contribution in [3.05, 3.63) is 0 Å². The number of nitrogens with zero attached hydrogens (tertiary/aromatic N) is 1. The molecule has 0 aromatic carbocycles. The molecule has 1 saturated heterocycles. The molecule has 1 fully saturated rings. The normalized spacial score (nSPS) is 32.5. The average molecular weight is 197 g/mol. The van der Waals surface area contributed by atoms with E-state index in [2.05, 4.69) is 23.6 Å². The third kappa shape index (κ3) is 2.44. The molecule has 2 N–H and O–H groups in total. The van der Waals surface area contributed by atoms with Crippen molar-refractivity contribution in [1.29, 1.82) is 5.26 Å². The zero-order chi connectivity index (χ0) is 10.4. The second kappa shape index (κ2) is 5.30. The van der Waals surface area contributed by atoms with E-state index in [0.717, 1.165) is 26.1 Å². The number of rotatable bonds is 4. The second-order valence-electron chi connectivity index (χ2n) is 3.86. The minimum Gasteiger partial charge on any atom is -0.383 e. The van der Waals surface area contributed by atoms with Crippen molar-refractivity contribution < 1.29 is 4.74 Å². The summed E-state index contributed by atoms with van der Waals surface area (Å²) >= 11 is 0. The lowest BCUT2D eigenvalue weighted by molar-refractivity contribution is 0.168. The highest BCUT2D eigenvalue weighted by Crippen LogP contribution is 2.23. The van der Waals surface area contributed by atoms with Crippen LogP contribution in [-0.2, 0) is 4.74 Å². The van der Waals surface area contributed by atoms with Gasteiger partial charge in [-0.25, -0.2) is 0 Å². The Morgan fingerprint density at radius 2 is 2.50 bits per heavy atom. The van der Waals surface area contributed by atoms with Crippen molar-refractivity contribution in [1.82, 2.24) is 10.6 Å². The summed E-state index contributed by atoms with van der Waals surface area (Å²) < 4.78 is 4.97. The topological polar surface area (TPSA) is 57.1 Å². The molecule has 2 atom stereocenters. The maximum Gasteiger partial charge on any atom is 0.111 e. The van der Waals surface area contributed by atoms with Crippen molar-refractivity contribution >= 4 is 0 Å². The molecular formula is C10H19N3O. The van der Waals surface area contributed by atoms with Gasteiger partial charge in [-0.3, -0.25) is 5.32 Å². The molecule has 0 aromatic heterocycles. The smallest absolute Gasteiger partial charge is 0.111 e. The van der Waals surface area contributed by atoms with Crippen LogP contribution >= 0.6 is 0 Å². The number of nitriles is 1. The largest absolute Gasteiger partial charge is 0.383 e. The number of hydrogen-bond acceptors (Lipinski definition) is 4. The van der Waals surface area contributed by atoms with Gasteiger partial charge in [0.05, 0.1) is 12.7 Å². The SMILES string of the molecule is COCCNC1(C#N)CCNCC1C. The molecule has 0 amide bonds. The van der Waals surface area contributed by atoms with E-state index >= 15 is 0 Å². The fourth-order valence-electron chi connectivity index (χ4n) is 1.87. The molecule has 4 nitrogen and oxygen atoms in total. The summed E-state index contributed by atoms with van der Waals surface area (Å²) in [5, 5.41) is 15.8. The number of nitrogens with one attached hydrogen (secondary N) is 2. The van der Waals surface area contributed by atoms with Crippen LogP contribution in [0.4, 0.5) is 0 Å². The first kappa shape index (κ1) is 11.4. The van der Waals surface area contributed by atoms with Crippen LogP contribution in [-0.4, -0.2) is 38.9 Å². The number of methoxy groups -OCH3 is 1. The molecule has 2 unspecified atom stereocenters. The maximum absolute atomic E-state index is 9.23. The van der Waals surface area contributed by atoms with E-state index in [-0.39, 0.29) is 5.54 Å². The van der Waals surface area contributed by atoms with Crippen LogP contribution in [0.25, 0.3) is 0 Å². The van der Waals surface area contributed by atoms with Crippen molar-refractivity contribution in [2.24, 2.45) is 5.92 Å². The molecular weight excluding hydrogens is 178 g/mol. The quantitative estimate of drug-likeness (QED) is 0.628. The van der Waals surface area contributed by atoms with E-state index < -0.39 is 0 Å². The van der Waals surface area contributed by atoms with Crippen LogP contribution in [0.15, 0.2) is 0 Å². The van der Waals surface area contributed by atoms with E-state index in [1.807, 2.05) is 0 Å². The highest BCUT2D eigenvalue weighted by atomic mass is 16.5. The van der Waals surface area contributed by atoms with Crippen molar-refractivity contribution in [2.75, 3.05) is 33.4 Å². The average Bonchev–Trinajstić information content (AvgIpc) is 2.21. The first-order valence-electron chi connectivity index (χ1n) is 5.11. The molecule has 1 aliphatic rings. The van der Waals surface area contributed by atoms with E-state index in [4.69, 9.17) is 4.74 Å². The predicted octanol–water partition coefficient (Wildman–Crippen LogP) is 0.114. The highest BCUT2D eigenvalue weighted by Gasteiger charge is 2.37. The molecule has 0 radical (unpaired) electrons. The minimum absolute atomic E-state index is 0.345. The van der Waals surface area contributed by atoms with E-state index in [1.54, 1.807) is 7.11 Å². The Balaban J connectivity index is 2.51. The van der Waals surface area contributed by atoms with Gasteiger partial charge in [0.15, 0.2) is 0 Å².